The van der Waals surface area contributed by atoms with Crippen molar-refractivity contribution in [2.75, 3.05) is 0 Å². The first kappa shape index (κ1) is 10.0. The summed E-state index contributed by atoms with van der Waals surface area (Å²) in [5.41, 5.74) is 6.84. The quantitative estimate of drug-likeness (QED) is 0.855. The third kappa shape index (κ3) is 2.77. The molecule has 0 aliphatic heterocycles. The van der Waals surface area contributed by atoms with E-state index >= 15 is 0 Å². The van der Waals surface area contributed by atoms with E-state index in [0.29, 0.717) is 0 Å². The largest absolute Gasteiger partial charge is 0.328 e. The fraction of sp³-hybridized carbons (Fsp3) is 0.333. The van der Waals surface area contributed by atoms with Crippen LogP contribution in [-0.4, -0.2) is 6.04 Å². The molecule has 0 aliphatic rings. The molecule has 0 amide bonds. The Bertz CT molecular complexity index is 273. The van der Waals surface area contributed by atoms with Crippen molar-refractivity contribution in [1.29, 1.82) is 0 Å². The van der Waals surface area contributed by atoms with Crippen LogP contribution in [0.5, 0.6) is 0 Å². The molecule has 1 aromatic rings. The van der Waals surface area contributed by atoms with Crippen molar-refractivity contribution in [3.8, 4) is 0 Å². The third-order valence-corrected chi connectivity index (χ3v) is 2.56. The zero-order valence-corrected chi connectivity index (χ0v) is 9.19. The van der Waals surface area contributed by atoms with Crippen LogP contribution >= 0.6 is 27.5 Å². The number of nitrogens with two attached hydrogens (primary N) is 1. The standard InChI is InChI=1S/C9H11BrClN/c1-6(12)4-7-5-8(11)2-3-9(7)10/h2-3,5-6H,4,12H2,1H3. The normalized spacial score (nSPS) is 13.0. The van der Waals surface area contributed by atoms with Gasteiger partial charge in [-0.2, -0.15) is 0 Å². The van der Waals surface area contributed by atoms with Gasteiger partial charge in [0.2, 0.25) is 0 Å². The van der Waals surface area contributed by atoms with Gasteiger partial charge in [0, 0.05) is 15.5 Å². The topological polar surface area (TPSA) is 26.0 Å². The number of rotatable bonds is 2. The van der Waals surface area contributed by atoms with Crippen LogP contribution in [-0.2, 0) is 6.42 Å². The molecule has 3 heteroatoms. The molecule has 66 valence electrons. The van der Waals surface area contributed by atoms with Crippen LogP contribution < -0.4 is 5.73 Å². The van der Waals surface area contributed by atoms with Gasteiger partial charge < -0.3 is 5.73 Å². The summed E-state index contributed by atoms with van der Waals surface area (Å²) in [6, 6.07) is 5.91. The molecule has 1 nitrogen and oxygen atoms in total. The minimum Gasteiger partial charge on any atom is -0.328 e. The average Bonchev–Trinajstić information content (AvgIpc) is 1.96. The molecule has 1 atom stereocenters. The van der Waals surface area contributed by atoms with Crippen molar-refractivity contribution in [2.24, 2.45) is 5.73 Å². The van der Waals surface area contributed by atoms with Crippen molar-refractivity contribution in [3.63, 3.8) is 0 Å². The first-order valence-electron chi connectivity index (χ1n) is 3.79. The Morgan fingerprint density at radius 2 is 2.25 bits per heavy atom. The van der Waals surface area contributed by atoms with Crippen molar-refractivity contribution in [1.82, 2.24) is 0 Å². The molecule has 0 aromatic heterocycles. The Morgan fingerprint density at radius 1 is 1.58 bits per heavy atom. The molecular weight excluding hydrogens is 237 g/mol. The molecular formula is C9H11BrClN. The second-order valence-corrected chi connectivity index (χ2v) is 4.21. The molecule has 12 heavy (non-hydrogen) atoms. The van der Waals surface area contributed by atoms with Crippen LogP contribution in [0, 0.1) is 0 Å². The van der Waals surface area contributed by atoms with E-state index in [-0.39, 0.29) is 6.04 Å². The third-order valence-electron chi connectivity index (χ3n) is 1.55. The van der Waals surface area contributed by atoms with Gasteiger partial charge >= 0.3 is 0 Å². The summed E-state index contributed by atoms with van der Waals surface area (Å²) >= 11 is 9.28. The van der Waals surface area contributed by atoms with Crippen molar-refractivity contribution >= 4 is 27.5 Å². The van der Waals surface area contributed by atoms with E-state index in [9.17, 15) is 0 Å². The summed E-state index contributed by atoms with van der Waals surface area (Å²) in [6.07, 6.45) is 0.848. The first-order valence-corrected chi connectivity index (χ1v) is 4.96. The van der Waals surface area contributed by atoms with E-state index in [1.54, 1.807) is 0 Å². The van der Waals surface area contributed by atoms with Crippen molar-refractivity contribution in [3.05, 3.63) is 33.3 Å². The predicted molar refractivity (Wildman–Crippen MR) is 56.5 cm³/mol. The Hall–Kier alpha value is -0.0500. The highest BCUT2D eigenvalue weighted by atomic mass is 79.9. The Labute approximate surface area is 86.0 Å². The Balaban J connectivity index is 2.90. The highest BCUT2D eigenvalue weighted by Gasteiger charge is 2.02. The molecule has 0 bridgehead atoms. The smallest absolute Gasteiger partial charge is 0.0409 e. The van der Waals surface area contributed by atoms with Gasteiger partial charge in [-0.15, -0.1) is 0 Å². The predicted octanol–water partition coefficient (Wildman–Crippen LogP) is 2.99. The highest BCUT2D eigenvalue weighted by Crippen LogP contribution is 2.21. The summed E-state index contributed by atoms with van der Waals surface area (Å²) < 4.78 is 1.07. The van der Waals surface area contributed by atoms with Crippen molar-refractivity contribution < 1.29 is 0 Å². The van der Waals surface area contributed by atoms with Gasteiger partial charge in [-0.3, -0.25) is 0 Å². The monoisotopic (exact) mass is 247 g/mol. The lowest BCUT2D eigenvalue weighted by Gasteiger charge is -2.07. The Kier molecular flexibility index (Phi) is 3.56. The maximum Gasteiger partial charge on any atom is 0.0409 e. The molecule has 1 unspecified atom stereocenters. The van der Waals surface area contributed by atoms with Gasteiger partial charge in [-0.1, -0.05) is 27.5 Å². The molecule has 0 heterocycles. The van der Waals surface area contributed by atoms with Crippen LogP contribution in [0.3, 0.4) is 0 Å². The number of hydrogen-bond acceptors (Lipinski definition) is 1. The van der Waals surface area contributed by atoms with Crippen LogP contribution in [0.15, 0.2) is 22.7 Å². The van der Waals surface area contributed by atoms with E-state index in [1.165, 1.54) is 0 Å². The number of hydrogen-bond donors (Lipinski definition) is 1. The molecule has 2 N–H and O–H groups in total. The van der Waals surface area contributed by atoms with E-state index in [1.807, 2.05) is 25.1 Å². The van der Waals surface area contributed by atoms with E-state index in [4.69, 9.17) is 17.3 Å². The van der Waals surface area contributed by atoms with Crippen LogP contribution in [0.2, 0.25) is 5.02 Å². The molecule has 1 aromatic carbocycles. The van der Waals surface area contributed by atoms with E-state index in [2.05, 4.69) is 15.9 Å². The molecule has 0 saturated carbocycles. The lowest BCUT2D eigenvalue weighted by Crippen LogP contribution is -2.17. The van der Waals surface area contributed by atoms with Crippen molar-refractivity contribution in [2.45, 2.75) is 19.4 Å². The number of halogens is 2. The van der Waals surface area contributed by atoms with E-state index < -0.39 is 0 Å². The summed E-state index contributed by atoms with van der Waals surface area (Å²) in [6.45, 7) is 1.98. The van der Waals surface area contributed by atoms with E-state index in [0.717, 1.165) is 21.5 Å². The SMILES string of the molecule is CC(N)Cc1cc(Cl)ccc1Br. The van der Waals surface area contributed by atoms with Gasteiger partial charge in [0.15, 0.2) is 0 Å². The van der Waals surface area contributed by atoms with Gasteiger partial charge in [0.05, 0.1) is 0 Å². The van der Waals surface area contributed by atoms with Gasteiger partial charge in [-0.05, 0) is 37.1 Å². The fourth-order valence-corrected chi connectivity index (χ4v) is 1.65. The molecule has 0 radical (unpaired) electrons. The molecule has 0 spiro atoms. The maximum absolute atomic E-state index is 5.84. The molecule has 0 aliphatic carbocycles. The molecule has 0 saturated heterocycles. The summed E-state index contributed by atoms with van der Waals surface area (Å²) in [4.78, 5) is 0. The Morgan fingerprint density at radius 3 is 2.83 bits per heavy atom. The van der Waals surface area contributed by atoms with Crippen LogP contribution in [0.25, 0.3) is 0 Å². The van der Waals surface area contributed by atoms with Crippen LogP contribution in [0.4, 0.5) is 0 Å². The van der Waals surface area contributed by atoms with Gasteiger partial charge in [0.25, 0.3) is 0 Å². The average molecular weight is 249 g/mol. The van der Waals surface area contributed by atoms with Gasteiger partial charge in [0.1, 0.15) is 0 Å². The maximum atomic E-state index is 5.84. The second kappa shape index (κ2) is 4.26. The summed E-state index contributed by atoms with van der Waals surface area (Å²) in [5, 5.41) is 0.758. The lowest BCUT2D eigenvalue weighted by atomic mass is 10.1. The summed E-state index contributed by atoms with van der Waals surface area (Å²) in [7, 11) is 0. The minimum atomic E-state index is 0.166. The second-order valence-electron chi connectivity index (χ2n) is 2.92. The van der Waals surface area contributed by atoms with Crippen LogP contribution in [0.1, 0.15) is 12.5 Å². The molecule has 1 rings (SSSR count). The minimum absolute atomic E-state index is 0.166. The lowest BCUT2D eigenvalue weighted by molar-refractivity contribution is 0.736. The summed E-state index contributed by atoms with van der Waals surface area (Å²) in [5.74, 6) is 0. The number of benzene rings is 1. The zero-order chi connectivity index (χ0) is 9.14. The fourth-order valence-electron chi connectivity index (χ4n) is 1.05. The first-order chi connectivity index (χ1) is 5.59. The zero-order valence-electron chi connectivity index (χ0n) is 6.85. The van der Waals surface area contributed by atoms with Gasteiger partial charge in [-0.25, -0.2) is 0 Å². The molecule has 0 fully saturated rings. The highest BCUT2D eigenvalue weighted by molar-refractivity contribution is 9.10.